The van der Waals surface area contributed by atoms with Gasteiger partial charge in [-0.1, -0.05) is 0 Å². The summed E-state index contributed by atoms with van der Waals surface area (Å²) in [6.45, 7) is 2.31. The molecule has 2 nitrogen and oxygen atoms in total. The maximum Gasteiger partial charge on any atom is 0.0397 e. The van der Waals surface area contributed by atoms with E-state index in [1.807, 2.05) is 12.4 Å². The van der Waals surface area contributed by atoms with Crippen molar-refractivity contribution in [3.05, 3.63) is 30.9 Å². The molecule has 0 amide bonds. The lowest BCUT2D eigenvalue weighted by Crippen LogP contribution is -2.29. The van der Waals surface area contributed by atoms with Crippen LogP contribution in [0.15, 0.2) is 24.5 Å². The highest BCUT2D eigenvalue weighted by Gasteiger charge is 2.09. The van der Waals surface area contributed by atoms with Crippen LogP contribution in [0.2, 0.25) is 0 Å². The van der Waals surface area contributed by atoms with Gasteiger partial charge in [0.1, 0.15) is 0 Å². The Labute approximate surface area is 73.2 Å². The first-order valence-electron chi connectivity index (χ1n) is 4.43. The topological polar surface area (TPSA) is 16.1 Å². The monoisotopic (exact) mass is 161 g/mol. The Kier molecular flexibility index (Phi) is 2.26. The first kappa shape index (κ1) is 7.59. The SMILES string of the molecule is [CH]1CCN(c2ccncc2)CC1. The molecule has 1 aromatic rings. The van der Waals surface area contributed by atoms with Gasteiger partial charge in [-0.25, -0.2) is 0 Å². The van der Waals surface area contributed by atoms with Crippen molar-refractivity contribution in [2.24, 2.45) is 0 Å². The Balaban J connectivity index is 2.08. The van der Waals surface area contributed by atoms with E-state index in [1.165, 1.54) is 18.5 Å². The summed E-state index contributed by atoms with van der Waals surface area (Å²) in [5.41, 5.74) is 1.30. The van der Waals surface area contributed by atoms with E-state index in [-0.39, 0.29) is 0 Å². The average molecular weight is 161 g/mol. The summed E-state index contributed by atoms with van der Waals surface area (Å²) in [6, 6.07) is 4.15. The zero-order valence-electron chi connectivity index (χ0n) is 7.11. The van der Waals surface area contributed by atoms with Gasteiger partial charge in [0.2, 0.25) is 0 Å². The zero-order valence-corrected chi connectivity index (χ0v) is 7.11. The van der Waals surface area contributed by atoms with Crippen LogP contribution in [-0.4, -0.2) is 18.1 Å². The Morgan fingerprint density at radius 2 is 1.75 bits per heavy atom. The van der Waals surface area contributed by atoms with E-state index >= 15 is 0 Å². The molecule has 1 fully saturated rings. The highest BCUT2D eigenvalue weighted by atomic mass is 15.1. The number of anilines is 1. The summed E-state index contributed by atoms with van der Waals surface area (Å²) in [5.74, 6) is 0. The highest BCUT2D eigenvalue weighted by Crippen LogP contribution is 2.17. The number of nitrogens with zero attached hydrogens (tertiary/aromatic N) is 2. The molecule has 1 radical (unpaired) electrons. The molecular weight excluding hydrogens is 148 g/mol. The van der Waals surface area contributed by atoms with Gasteiger partial charge in [-0.2, -0.15) is 0 Å². The van der Waals surface area contributed by atoms with E-state index in [9.17, 15) is 0 Å². The fourth-order valence-electron chi connectivity index (χ4n) is 1.56. The number of aromatic nitrogens is 1. The fourth-order valence-corrected chi connectivity index (χ4v) is 1.56. The lowest BCUT2D eigenvalue weighted by Gasteiger charge is -2.28. The van der Waals surface area contributed by atoms with Crippen LogP contribution in [0, 0.1) is 6.42 Å². The van der Waals surface area contributed by atoms with Gasteiger partial charge in [-0.3, -0.25) is 4.98 Å². The first-order valence-corrected chi connectivity index (χ1v) is 4.43. The third-order valence-corrected chi connectivity index (χ3v) is 2.23. The third kappa shape index (κ3) is 1.58. The van der Waals surface area contributed by atoms with Crippen LogP contribution < -0.4 is 4.90 Å². The minimum atomic E-state index is 1.16. The summed E-state index contributed by atoms with van der Waals surface area (Å²) in [4.78, 5) is 6.41. The van der Waals surface area contributed by atoms with Gasteiger partial charge < -0.3 is 4.90 Å². The van der Waals surface area contributed by atoms with Gasteiger partial charge in [0, 0.05) is 31.2 Å². The fraction of sp³-hybridized carbons (Fsp3) is 0.400. The van der Waals surface area contributed by atoms with Crippen LogP contribution in [0.1, 0.15) is 12.8 Å². The van der Waals surface area contributed by atoms with E-state index in [0.29, 0.717) is 0 Å². The smallest absolute Gasteiger partial charge is 0.0397 e. The molecule has 12 heavy (non-hydrogen) atoms. The lowest BCUT2D eigenvalue weighted by atomic mass is 10.1. The van der Waals surface area contributed by atoms with E-state index in [2.05, 4.69) is 28.4 Å². The van der Waals surface area contributed by atoms with Crippen molar-refractivity contribution >= 4 is 5.69 Å². The minimum absolute atomic E-state index is 1.16. The van der Waals surface area contributed by atoms with Gasteiger partial charge in [0.25, 0.3) is 0 Å². The van der Waals surface area contributed by atoms with Crippen molar-refractivity contribution < 1.29 is 0 Å². The standard InChI is InChI=1S/C10H13N2/c1-2-8-12(9-3-1)10-4-6-11-7-5-10/h1,4-7H,2-3,8-9H2. The molecule has 0 saturated carbocycles. The van der Waals surface area contributed by atoms with Gasteiger partial charge in [-0.05, 0) is 31.4 Å². The second kappa shape index (κ2) is 3.57. The van der Waals surface area contributed by atoms with E-state index < -0.39 is 0 Å². The molecule has 1 aliphatic rings. The maximum atomic E-state index is 4.01. The second-order valence-electron chi connectivity index (χ2n) is 3.06. The van der Waals surface area contributed by atoms with Gasteiger partial charge in [-0.15, -0.1) is 0 Å². The molecule has 0 aromatic carbocycles. The minimum Gasteiger partial charge on any atom is -0.371 e. The molecular formula is C10H13N2. The quantitative estimate of drug-likeness (QED) is 0.625. The predicted molar refractivity (Wildman–Crippen MR) is 50.0 cm³/mol. The van der Waals surface area contributed by atoms with E-state index in [0.717, 1.165) is 13.1 Å². The summed E-state index contributed by atoms with van der Waals surface area (Å²) in [5, 5.41) is 0. The van der Waals surface area contributed by atoms with Gasteiger partial charge in [0.15, 0.2) is 0 Å². The molecule has 0 spiro atoms. The predicted octanol–water partition coefficient (Wildman–Crippen LogP) is 1.89. The van der Waals surface area contributed by atoms with Crippen LogP contribution in [0.25, 0.3) is 0 Å². The van der Waals surface area contributed by atoms with Crippen molar-refractivity contribution in [1.82, 2.24) is 4.98 Å². The van der Waals surface area contributed by atoms with E-state index in [4.69, 9.17) is 0 Å². The van der Waals surface area contributed by atoms with Gasteiger partial charge >= 0.3 is 0 Å². The average Bonchev–Trinajstić information content (AvgIpc) is 2.21. The van der Waals surface area contributed by atoms with E-state index in [1.54, 1.807) is 0 Å². The third-order valence-electron chi connectivity index (χ3n) is 2.23. The summed E-state index contributed by atoms with van der Waals surface area (Å²) >= 11 is 0. The molecule has 0 atom stereocenters. The Morgan fingerprint density at radius 3 is 2.42 bits per heavy atom. The number of hydrogen-bond donors (Lipinski definition) is 0. The molecule has 0 unspecified atom stereocenters. The zero-order chi connectivity index (χ0) is 8.23. The van der Waals surface area contributed by atoms with Crippen LogP contribution in [0.3, 0.4) is 0 Å². The Morgan fingerprint density at radius 1 is 1.08 bits per heavy atom. The van der Waals surface area contributed by atoms with Crippen molar-refractivity contribution in [3.8, 4) is 0 Å². The summed E-state index contributed by atoms with van der Waals surface area (Å²) in [7, 11) is 0. The van der Waals surface area contributed by atoms with Crippen molar-refractivity contribution in [3.63, 3.8) is 0 Å². The van der Waals surface area contributed by atoms with Crippen molar-refractivity contribution in [2.45, 2.75) is 12.8 Å². The molecule has 2 heterocycles. The molecule has 63 valence electrons. The van der Waals surface area contributed by atoms with Crippen LogP contribution >= 0.6 is 0 Å². The second-order valence-corrected chi connectivity index (χ2v) is 3.06. The number of pyridine rings is 1. The highest BCUT2D eigenvalue weighted by molar-refractivity contribution is 5.44. The first-order chi connectivity index (χ1) is 5.97. The Bertz CT molecular complexity index is 227. The lowest BCUT2D eigenvalue weighted by molar-refractivity contribution is 0.678. The number of hydrogen-bond acceptors (Lipinski definition) is 2. The molecule has 1 saturated heterocycles. The van der Waals surface area contributed by atoms with Crippen molar-refractivity contribution in [1.29, 1.82) is 0 Å². The number of rotatable bonds is 1. The van der Waals surface area contributed by atoms with Crippen LogP contribution in [0.5, 0.6) is 0 Å². The normalized spacial score (nSPS) is 17.8. The summed E-state index contributed by atoms with van der Waals surface area (Å²) < 4.78 is 0. The molecule has 0 aliphatic carbocycles. The van der Waals surface area contributed by atoms with Crippen LogP contribution in [0.4, 0.5) is 5.69 Å². The largest absolute Gasteiger partial charge is 0.371 e. The molecule has 1 aliphatic heterocycles. The Hall–Kier alpha value is -1.05. The molecule has 0 bridgehead atoms. The van der Waals surface area contributed by atoms with Gasteiger partial charge in [0.05, 0.1) is 0 Å². The summed E-state index contributed by atoms with van der Waals surface area (Å²) in [6.07, 6.45) is 8.49. The van der Waals surface area contributed by atoms with Crippen molar-refractivity contribution in [2.75, 3.05) is 18.0 Å². The molecule has 2 rings (SSSR count). The molecule has 1 aromatic heterocycles. The maximum absolute atomic E-state index is 4.01. The van der Waals surface area contributed by atoms with Crippen LogP contribution in [-0.2, 0) is 0 Å². The molecule has 2 heteroatoms. The number of piperidine rings is 1. The molecule has 0 N–H and O–H groups in total.